The maximum Gasteiger partial charge on any atom is 0.170 e. The fourth-order valence-corrected chi connectivity index (χ4v) is 3.29. The van der Waals surface area contributed by atoms with Crippen LogP contribution < -0.4 is 11.1 Å². The molecule has 1 atom stereocenters. The molecule has 0 spiro atoms. The first kappa shape index (κ1) is 17.6. The van der Waals surface area contributed by atoms with Gasteiger partial charge in [-0.15, -0.1) is 0 Å². The zero-order chi connectivity index (χ0) is 19.0. The summed E-state index contributed by atoms with van der Waals surface area (Å²) in [6.07, 6.45) is 2.08. The summed E-state index contributed by atoms with van der Waals surface area (Å²) in [6.45, 7) is 0.999. The lowest BCUT2D eigenvalue weighted by Gasteiger charge is -2.13. The molecule has 1 aromatic heterocycles. The minimum absolute atomic E-state index is 0.00420. The van der Waals surface area contributed by atoms with Gasteiger partial charge in [0.15, 0.2) is 5.78 Å². The van der Waals surface area contributed by atoms with Crippen LogP contribution >= 0.6 is 11.6 Å². The molecule has 3 aromatic rings. The molecule has 27 heavy (non-hydrogen) atoms. The number of benzene rings is 2. The van der Waals surface area contributed by atoms with Gasteiger partial charge in [0.1, 0.15) is 18.0 Å². The number of nitrogens with zero attached hydrogens (tertiary/aromatic N) is 2. The van der Waals surface area contributed by atoms with E-state index in [4.69, 9.17) is 22.1 Å². The van der Waals surface area contributed by atoms with Gasteiger partial charge in [-0.1, -0.05) is 11.6 Å². The number of hydrogen-bond donors (Lipinski definition) is 2. The SMILES string of the molecule is Nc1cc2c(Nc3ccc(F)c(Cl)c3)ncnc2cc1C(=O)C1CCOC1. The van der Waals surface area contributed by atoms with Gasteiger partial charge in [-0.05, 0) is 36.8 Å². The summed E-state index contributed by atoms with van der Waals surface area (Å²) in [5.74, 6) is -0.230. The molecule has 138 valence electrons. The number of fused-ring (bicyclic) bond motifs is 1. The van der Waals surface area contributed by atoms with Crippen molar-refractivity contribution in [2.45, 2.75) is 6.42 Å². The van der Waals surface area contributed by atoms with Crippen molar-refractivity contribution < 1.29 is 13.9 Å². The molecule has 0 radical (unpaired) electrons. The first-order valence-corrected chi connectivity index (χ1v) is 8.79. The Hall–Kier alpha value is -2.77. The van der Waals surface area contributed by atoms with Crippen LogP contribution in [0.3, 0.4) is 0 Å². The molecule has 0 bridgehead atoms. The van der Waals surface area contributed by atoms with Crippen LogP contribution in [0.15, 0.2) is 36.7 Å². The van der Waals surface area contributed by atoms with Gasteiger partial charge >= 0.3 is 0 Å². The Bertz CT molecular complexity index is 1040. The van der Waals surface area contributed by atoms with Crippen LogP contribution in [0.25, 0.3) is 10.9 Å². The van der Waals surface area contributed by atoms with Gasteiger partial charge in [0, 0.05) is 34.8 Å². The number of anilines is 3. The van der Waals surface area contributed by atoms with Crippen molar-refractivity contribution in [2.24, 2.45) is 5.92 Å². The zero-order valence-electron chi connectivity index (χ0n) is 14.2. The monoisotopic (exact) mass is 386 g/mol. The lowest BCUT2D eigenvalue weighted by molar-refractivity contribution is 0.0901. The minimum atomic E-state index is -0.502. The molecule has 2 aromatic carbocycles. The number of halogens is 2. The molecule has 0 aliphatic carbocycles. The summed E-state index contributed by atoms with van der Waals surface area (Å²) in [5.41, 5.74) is 8.09. The molecule has 3 N–H and O–H groups in total. The Labute approximate surface area is 159 Å². The standard InChI is InChI=1S/C19H16ClFN4O2/c20-14-5-11(1-2-15(14)21)25-19-13-6-16(22)12(7-17(13)23-9-24-19)18(26)10-3-4-27-8-10/h1-2,5-7,9-10H,3-4,8,22H2,(H,23,24,25). The van der Waals surface area contributed by atoms with Crippen molar-refractivity contribution in [3.63, 3.8) is 0 Å². The van der Waals surface area contributed by atoms with E-state index < -0.39 is 5.82 Å². The van der Waals surface area contributed by atoms with Crippen LogP contribution in [0, 0.1) is 11.7 Å². The molecule has 6 nitrogen and oxygen atoms in total. The number of hydrogen-bond acceptors (Lipinski definition) is 6. The van der Waals surface area contributed by atoms with Gasteiger partial charge in [0.05, 0.1) is 17.1 Å². The van der Waals surface area contributed by atoms with Gasteiger partial charge in [0.2, 0.25) is 0 Å². The Kier molecular flexibility index (Phi) is 4.63. The quantitative estimate of drug-likeness (QED) is 0.521. The predicted octanol–water partition coefficient (Wildman–Crippen LogP) is 3.97. The highest BCUT2D eigenvalue weighted by atomic mass is 35.5. The molecule has 1 aliphatic rings. The summed E-state index contributed by atoms with van der Waals surface area (Å²) in [5, 5.41) is 3.74. The van der Waals surface area contributed by atoms with Crippen LogP contribution in [-0.2, 0) is 4.74 Å². The minimum Gasteiger partial charge on any atom is -0.398 e. The number of Topliss-reactive ketones (excluding diaryl/α,β-unsaturated/α-hetero) is 1. The normalized spacial score (nSPS) is 16.6. The summed E-state index contributed by atoms with van der Waals surface area (Å²) < 4.78 is 18.6. The van der Waals surface area contributed by atoms with E-state index in [9.17, 15) is 9.18 Å². The van der Waals surface area contributed by atoms with E-state index in [1.807, 2.05) is 0 Å². The number of ether oxygens (including phenoxy) is 1. The van der Waals surface area contributed by atoms with Gasteiger partial charge in [-0.25, -0.2) is 14.4 Å². The fraction of sp³-hybridized carbons (Fsp3) is 0.211. The van der Waals surface area contributed by atoms with E-state index >= 15 is 0 Å². The molecule has 4 rings (SSSR count). The molecule has 1 saturated heterocycles. The number of nitrogens with one attached hydrogen (secondary N) is 1. The van der Waals surface area contributed by atoms with E-state index in [-0.39, 0.29) is 16.7 Å². The number of aromatic nitrogens is 2. The molecular formula is C19H16ClFN4O2. The van der Waals surface area contributed by atoms with Crippen molar-refractivity contribution in [3.8, 4) is 0 Å². The number of nitrogen functional groups attached to an aromatic ring is 1. The summed E-state index contributed by atoms with van der Waals surface area (Å²) in [6, 6.07) is 7.63. The lowest BCUT2D eigenvalue weighted by atomic mass is 9.95. The van der Waals surface area contributed by atoms with E-state index in [0.29, 0.717) is 53.3 Å². The number of nitrogens with two attached hydrogens (primary N) is 1. The first-order chi connectivity index (χ1) is 13.0. The van der Waals surface area contributed by atoms with Crippen molar-refractivity contribution in [3.05, 3.63) is 53.1 Å². The van der Waals surface area contributed by atoms with Gasteiger partial charge in [-0.2, -0.15) is 0 Å². The zero-order valence-corrected chi connectivity index (χ0v) is 15.0. The second-order valence-corrected chi connectivity index (χ2v) is 6.76. The van der Waals surface area contributed by atoms with Crippen LogP contribution in [0.2, 0.25) is 5.02 Å². The Morgan fingerprint density at radius 3 is 2.89 bits per heavy atom. The first-order valence-electron chi connectivity index (χ1n) is 8.41. The smallest absolute Gasteiger partial charge is 0.170 e. The maximum atomic E-state index is 13.3. The van der Waals surface area contributed by atoms with E-state index in [0.717, 1.165) is 0 Å². The van der Waals surface area contributed by atoms with Crippen molar-refractivity contribution >= 4 is 45.5 Å². The number of carbonyl (C=O) groups excluding carboxylic acids is 1. The number of rotatable bonds is 4. The summed E-state index contributed by atoms with van der Waals surface area (Å²) in [4.78, 5) is 21.2. The van der Waals surface area contributed by atoms with Crippen LogP contribution in [0.5, 0.6) is 0 Å². The van der Waals surface area contributed by atoms with Gasteiger partial charge in [0.25, 0.3) is 0 Å². The lowest BCUT2D eigenvalue weighted by Crippen LogP contribution is -2.16. The third kappa shape index (κ3) is 3.43. The van der Waals surface area contributed by atoms with Crippen molar-refractivity contribution in [2.75, 3.05) is 24.3 Å². The van der Waals surface area contributed by atoms with Crippen LogP contribution in [0.1, 0.15) is 16.8 Å². The topological polar surface area (TPSA) is 90.1 Å². The van der Waals surface area contributed by atoms with Crippen LogP contribution in [0.4, 0.5) is 21.6 Å². The Morgan fingerprint density at radius 2 is 2.15 bits per heavy atom. The van der Waals surface area contributed by atoms with Crippen LogP contribution in [-0.4, -0.2) is 29.0 Å². The average molecular weight is 387 g/mol. The summed E-state index contributed by atoms with van der Waals surface area (Å²) >= 11 is 5.83. The Morgan fingerprint density at radius 1 is 1.30 bits per heavy atom. The van der Waals surface area contributed by atoms with Crippen molar-refractivity contribution in [1.29, 1.82) is 0 Å². The van der Waals surface area contributed by atoms with E-state index in [1.165, 1.54) is 18.5 Å². The maximum absolute atomic E-state index is 13.3. The van der Waals surface area contributed by atoms with E-state index in [1.54, 1.807) is 18.2 Å². The average Bonchev–Trinajstić information content (AvgIpc) is 3.19. The predicted molar refractivity (Wildman–Crippen MR) is 102 cm³/mol. The molecular weight excluding hydrogens is 371 g/mol. The highest BCUT2D eigenvalue weighted by Crippen LogP contribution is 2.30. The molecule has 0 saturated carbocycles. The molecule has 8 heteroatoms. The highest BCUT2D eigenvalue weighted by Gasteiger charge is 2.26. The van der Waals surface area contributed by atoms with Gasteiger partial charge < -0.3 is 15.8 Å². The summed E-state index contributed by atoms with van der Waals surface area (Å²) in [7, 11) is 0. The molecule has 1 fully saturated rings. The third-order valence-corrected chi connectivity index (χ3v) is 4.84. The second-order valence-electron chi connectivity index (χ2n) is 6.36. The number of ketones is 1. The third-order valence-electron chi connectivity index (χ3n) is 4.55. The van der Waals surface area contributed by atoms with E-state index in [2.05, 4.69) is 15.3 Å². The fourth-order valence-electron chi connectivity index (χ4n) is 3.10. The second kappa shape index (κ2) is 7.09. The number of carbonyl (C=O) groups is 1. The molecule has 2 heterocycles. The van der Waals surface area contributed by atoms with Crippen molar-refractivity contribution in [1.82, 2.24) is 9.97 Å². The molecule has 1 aliphatic heterocycles. The molecule has 0 amide bonds. The largest absolute Gasteiger partial charge is 0.398 e. The van der Waals surface area contributed by atoms with Gasteiger partial charge in [-0.3, -0.25) is 4.79 Å². The molecule has 1 unspecified atom stereocenters. The Balaban J connectivity index is 1.71. The highest BCUT2D eigenvalue weighted by molar-refractivity contribution is 6.31.